The largest absolute Gasteiger partial charge is 0.481 e. The predicted molar refractivity (Wildman–Crippen MR) is 101 cm³/mol. The van der Waals surface area contributed by atoms with Crippen LogP contribution in [0.5, 0.6) is 0 Å². The molecule has 0 atom stereocenters. The number of hydrogen-bond donors (Lipinski definition) is 3. The zero-order chi connectivity index (χ0) is 19.1. The zero-order valence-corrected chi connectivity index (χ0v) is 15.0. The fourth-order valence-electron chi connectivity index (χ4n) is 3.27. The van der Waals surface area contributed by atoms with Crippen molar-refractivity contribution in [2.24, 2.45) is 11.7 Å². The number of thiophene rings is 1. The van der Waals surface area contributed by atoms with Crippen molar-refractivity contribution in [3.05, 3.63) is 23.5 Å². The first-order valence-corrected chi connectivity index (χ1v) is 9.17. The van der Waals surface area contributed by atoms with E-state index >= 15 is 0 Å². The number of nitrogens with two attached hydrogens (primary N) is 2. The van der Waals surface area contributed by atoms with Gasteiger partial charge in [0, 0.05) is 18.7 Å². The van der Waals surface area contributed by atoms with Crippen molar-refractivity contribution < 1.29 is 19.1 Å². The fraction of sp³-hybridized carbons (Fsp3) is 0.294. The number of primary amides is 1. The van der Waals surface area contributed by atoms with Crippen LogP contribution < -0.4 is 16.4 Å². The molecule has 27 heavy (non-hydrogen) atoms. The Morgan fingerprint density at radius 2 is 2.04 bits per heavy atom. The summed E-state index contributed by atoms with van der Waals surface area (Å²) < 4.78 is 5.17. The standard InChI is InChI=1S/C17H17N5O4S/c18-11-10-12(9-3-6-26-7-9)20-17(21-15(10)27-13(11)14(19)23)22-4-1-8(2-5-22)16(24)25/h3,6-8H,1-2,4-5,18H2,(H2,19,23)(H,24,25). The first-order valence-electron chi connectivity index (χ1n) is 8.36. The van der Waals surface area contributed by atoms with Crippen molar-refractivity contribution in [1.29, 1.82) is 0 Å². The van der Waals surface area contributed by atoms with Crippen LogP contribution in [0.1, 0.15) is 22.5 Å². The van der Waals surface area contributed by atoms with E-state index in [1.807, 2.05) is 4.90 Å². The molecule has 0 aromatic carbocycles. The summed E-state index contributed by atoms with van der Waals surface area (Å²) in [5, 5.41) is 9.74. The average Bonchev–Trinajstić information content (AvgIpc) is 3.29. The Morgan fingerprint density at radius 3 is 2.63 bits per heavy atom. The molecular weight excluding hydrogens is 370 g/mol. The number of amides is 1. The second kappa shape index (κ2) is 6.54. The van der Waals surface area contributed by atoms with E-state index in [2.05, 4.69) is 9.97 Å². The average molecular weight is 387 g/mol. The number of rotatable bonds is 4. The van der Waals surface area contributed by atoms with Crippen molar-refractivity contribution in [3.63, 3.8) is 0 Å². The van der Waals surface area contributed by atoms with Crippen LogP contribution in [-0.2, 0) is 4.79 Å². The predicted octanol–water partition coefficient (Wildman–Crippen LogP) is 1.93. The van der Waals surface area contributed by atoms with E-state index in [0.29, 0.717) is 53.4 Å². The lowest BCUT2D eigenvalue weighted by molar-refractivity contribution is -0.142. The van der Waals surface area contributed by atoms with Gasteiger partial charge in [-0.2, -0.15) is 0 Å². The van der Waals surface area contributed by atoms with Crippen LogP contribution in [0.4, 0.5) is 11.6 Å². The molecule has 0 saturated carbocycles. The number of aromatic nitrogens is 2. The number of carboxylic acids is 1. The van der Waals surface area contributed by atoms with E-state index in [0.717, 1.165) is 11.3 Å². The molecule has 1 fully saturated rings. The second-order valence-electron chi connectivity index (χ2n) is 6.37. The van der Waals surface area contributed by atoms with E-state index in [1.54, 1.807) is 12.3 Å². The third-order valence-electron chi connectivity index (χ3n) is 4.72. The Hall–Kier alpha value is -3.14. The van der Waals surface area contributed by atoms with Gasteiger partial charge in [0.15, 0.2) is 0 Å². The zero-order valence-electron chi connectivity index (χ0n) is 14.2. The highest BCUT2D eigenvalue weighted by molar-refractivity contribution is 7.21. The third-order valence-corrected chi connectivity index (χ3v) is 5.84. The second-order valence-corrected chi connectivity index (χ2v) is 7.37. The van der Waals surface area contributed by atoms with Crippen LogP contribution in [0.15, 0.2) is 23.0 Å². The van der Waals surface area contributed by atoms with Crippen LogP contribution in [-0.4, -0.2) is 40.0 Å². The van der Waals surface area contributed by atoms with Gasteiger partial charge in [-0.15, -0.1) is 11.3 Å². The van der Waals surface area contributed by atoms with Gasteiger partial charge in [0.25, 0.3) is 5.91 Å². The summed E-state index contributed by atoms with van der Waals surface area (Å²) in [6.07, 6.45) is 4.12. The Morgan fingerprint density at radius 1 is 1.30 bits per heavy atom. The quantitative estimate of drug-likeness (QED) is 0.615. The number of carboxylic acid groups (broad SMARTS) is 1. The van der Waals surface area contributed by atoms with Crippen molar-refractivity contribution in [2.45, 2.75) is 12.8 Å². The maximum atomic E-state index is 11.7. The van der Waals surface area contributed by atoms with Crippen LogP contribution >= 0.6 is 11.3 Å². The van der Waals surface area contributed by atoms with E-state index in [-0.39, 0.29) is 16.5 Å². The molecule has 1 saturated heterocycles. The van der Waals surface area contributed by atoms with Crippen molar-refractivity contribution in [3.8, 4) is 11.3 Å². The molecule has 1 aliphatic heterocycles. The third kappa shape index (κ3) is 2.97. The first-order chi connectivity index (χ1) is 13.0. The molecule has 0 unspecified atom stereocenters. The summed E-state index contributed by atoms with van der Waals surface area (Å²) in [5.74, 6) is -1.27. The molecule has 3 aromatic rings. The lowest BCUT2D eigenvalue weighted by Crippen LogP contribution is -2.37. The van der Waals surface area contributed by atoms with Gasteiger partial charge in [-0.05, 0) is 18.9 Å². The van der Waals surface area contributed by atoms with Crippen molar-refractivity contribution >= 4 is 45.1 Å². The van der Waals surface area contributed by atoms with Crippen molar-refractivity contribution in [2.75, 3.05) is 23.7 Å². The molecule has 0 spiro atoms. The minimum atomic E-state index is -0.776. The minimum absolute atomic E-state index is 0.241. The highest BCUT2D eigenvalue weighted by Gasteiger charge is 2.28. The molecule has 1 aliphatic rings. The van der Waals surface area contributed by atoms with Gasteiger partial charge in [-0.25, -0.2) is 9.97 Å². The van der Waals surface area contributed by atoms with Crippen LogP contribution in [0.25, 0.3) is 21.5 Å². The molecule has 0 radical (unpaired) electrons. The summed E-state index contributed by atoms with van der Waals surface area (Å²) in [5.41, 5.74) is 13.1. The van der Waals surface area contributed by atoms with E-state index in [4.69, 9.17) is 15.9 Å². The molecular formula is C17H17N5O4S. The molecule has 4 heterocycles. The molecule has 9 nitrogen and oxygen atoms in total. The van der Waals surface area contributed by atoms with Gasteiger partial charge >= 0.3 is 5.97 Å². The Bertz CT molecular complexity index is 1020. The number of hydrogen-bond acceptors (Lipinski definition) is 8. The van der Waals surface area contributed by atoms with Crippen LogP contribution in [0, 0.1) is 5.92 Å². The number of carbonyl (C=O) groups excluding carboxylic acids is 1. The first kappa shape index (κ1) is 17.3. The number of furan rings is 1. The molecule has 5 N–H and O–H groups in total. The number of carbonyl (C=O) groups is 2. The summed E-state index contributed by atoms with van der Waals surface area (Å²) >= 11 is 1.12. The number of anilines is 2. The maximum Gasteiger partial charge on any atom is 0.306 e. The summed E-state index contributed by atoms with van der Waals surface area (Å²) in [7, 11) is 0. The molecule has 3 aromatic heterocycles. The Balaban J connectivity index is 1.81. The van der Waals surface area contributed by atoms with Crippen molar-refractivity contribution in [1.82, 2.24) is 9.97 Å². The van der Waals surface area contributed by atoms with Gasteiger partial charge in [-0.3, -0.25) is 9.59 Å². The van der Waals surface area contributed by atoms with E-state index < -0.39 is 11.9 Å². The summed E-state index contributed by atoms with van der Waals surface area (Å²) in [4.78, 5) is 34.8. The normalized spacial score (nSPS) is 15.3. The highest BCUT2D eigenvalue weighted by atomic mass is 32.1. The number of aliphatic carboxylic acids is 1. The number of nitrogens with zero attached hydrogens (tertiary/aromatic N) is 3. The molecule has 4 rings (SSSR count). The number of piperidine rings is 1. The molecule has 10 heteroatoms. The lowest BCUT2D eigenvalue weighted by atomic mass is 9.97. The SMILES string of the molecule is NC(=O)c1sc2nc(N3CCC(C(=O)O)CC3)nc(-c3ccoc3)c2c1N. The van der Waals surface area contributed by atoms with Gasteiger partial charge in [0.05, 0.1) is 35.2 Å². The van der Waals surface area contributed by atoms with Gasteiger partial charge in [0.2, 0.25) is 5.95 Å². The molecule has 0 aliphatic carbocycles. The molecule has 1 amide bonds. The van der Waals surface area contributed by atoms with Gasteiger partial charge < -0.3 is 25.9 Å². The van der Waals surface area contributed by atoms with Crippen LogP contribution in [0.3, 0.4) is 0 Å². The fourth-order valence-corrected chi connectivity index (χ4v) is 4.21. The smallest absolute Gasteiger partial charge is 0.306 e. The monoisotopic (exact) mass is 387 g/mol. The Kier molecular flexibility index (Phi) is 4.19. The molecule has 140 valence electrons. The Labute approximate surface area is 157 Å². The summed E-state index contributed by atoms with van der Waals surface area (Å²) in [6, 6.07) is 1.75. The number of nitrogen functional groups attached to an aromatic ring is 1. The van der Waals surface area contributed by atoms with Gasteiger partial charge in [-0.1, -0.05) is 0 Å². The number of fused-ring (bicyclic) bond motifs is 1. The maximum absolute atomic E-state index is 11.7. The van der Waals surface area contributed by atoms with Gasteiger partial charge in [0.1, 0.15) is 9.71 Å². The molecule has 0 bridgehead atoms. The van der Waals surface area contributed by atoms with E-state index in [1.165, 1.54) is 6.26 Å². The van der Waals surface area contributed by atoms with E-state index in [9.17, 15) is 14.7 Å². The highest BCUT2D eigenvalue weighted by Crippen LogP contribution is 2.39. The summed E-state index contributed by atoms with van der Waals surface area (Å²) in [6.45, 7) is 1.08. The minimum Gasteiger partial charge on any atom is -0.481 e. The topological polar surface area (TPSA) is 149 Å². The lowest BCUT2D eigenvalue weighted by Gasteiger charge is -2.30. The van der Waals surface area contributed by atoms with Crippen LogP contribution in [0.2, 0.25) is 0 Å².